The number of anilines is 1. The van der Waals surface area contributed by atoms with Gasteiger partial charge in [0.15, 0.2) is 0 Å². The fourth-order valence-electron chi connectivity index (χ4n) is 5.80. The van der Waals surface area contributed by atoms with Crippen LogP contribution in [0.3, 0.4) is 0 Å². The quantitative estimate of drug-likeness (QED) is 0.865. The summed E-state index contributed by atoms with van der Waals surface area (Å²) in [5, 5.41) is 3.79. The summed E-state index contributed by atoms with van der Waals surface area (Å²) in [6.07, 6.45) is 8.95. The Morgan fingerprint density at radius 3 is 2.00 bits per heavy atom. The lowest BCUT2D eigenvalue weighted by Gasteiger charge is -2.59. The summed E-state index contributed by atoms with van der Waals surface area (Å²) in [6.45, 7) is 2.41. The summed E-state index contributed by atoms with van der Waals surface area (Å²) in [6, 6.07) is 8.98. The summed E-state index contributed by atoms with van der Waals surface area (Å²) < 4.78 is 5.25. The minimum Gasteiger partial charge on any atom is -0.497 e. The molecule has 1 unspecified atom stereocenters. The van der Waals surface area contributed by atoms with Gasteiger partial charge < -0.3 is 10.1 Å². The third-order valence-corrected chi connectivity index (χ3v) is 6.48. The third-order valence-electron chi connectivity index (χ3n) is 6.48. The van der Waals surface area contributed by atoms with E-state index in [9.17, 15) is 0 Å². The summed E-state index contributed by atoms with van der Waals surface area (Å²) in [5.41, 5.74) is 1.80. The van der Waals surface area contributed by atoms with Crippen molar-refractivity contribution >= 4 is 5.69 Å². The Bertz CT molecular complexity index is 472. The van der Waals surface area contributed by atoms with Crippen LogP contribution >= 0.6 is 0 Å². The van der Waals surface area contributed by atoms with Gasteiger partial charge >= 0.3 is 0 Å². The molecule has 4 aliphatic rings. The van der Waals surface area contributed by atoms with E-state index in [1.807, 2.05) is 0 Å². The van der Waals surface area contributed by atoms with Crippen LogP contribution < -0.4 is 10.1 Å². The van der Waals surface area contributed by atoms with Gasteiger partial charge in [0.25, 0.3) is 0 Å². The van der Waals surface area contributed by atoms with Crippen molar-refractivity contribution in [2.24, 2.45) is 23.2 Å². The fourth-order valence-corrected chi connectivity index (χ4v) is 5.80. The van der Waals surface area contributed by atoms with Crippen LogP contribution in [-0.2, 0) is 0 Å². The third kappa shape index (κ3) is 2.33. The van der Waals surface area contributed by atoms with E-state index >= 15 is 0 Å². The molecule has 0 aliphatic heterocycles. The molecule has 1 N–H and O–H groups in total. The highest BCUT2D eigenvalue weighted by atomic mass is 16.5. The molecular formula is C19H27NO. The Balaban J connectivity index is 1.50. The lowest BCUT2D eigenvalue weighted by molar-refractivity contribution is -0.0602. The van der Waals surface area contributed by atoms with E-state index in [-0.39, 0.29) is 0 Å². The molecule has 4 fully saturated rings. The predicted molar refractivity (Wildman–Crippen MR) is 86.7 cm³/mol. The maximum Gasteiger partial charge on any atom is 0.119 e. The number of ether oxygens (including phenoxy) is 1. The van der Waals surface area contributed by atoms with Gasteiger partial charge in [0.1, 0.15) is 5.75 Å². The van der Waals surface area contributed by atoms with E-state index in [2.05, 4.69) is 36.5 Å². The number of nitrogens with one attached hydrogen (secondary N) is 1. The molecule has 4 saturated carbocycles. The second-order valence-corrected chi connectivity index (χ2v) is 7.87. The zero-order valence-electron chi connectivity index (χ0n) is 13.3. The number of hydrogen-bond acceptors (Lipinski definition) is 2. The van der Waals surface area contributed by atoms with E-state index in [4.69, 9.17) is 4.74 Å². The van der Waals surface area contributed by atoms with Crippen LogP contribution in [0.15, 0.2) is 24.3 Å². The van der Waals surface area contributed by atoms with Gasteiger partial charge in [-0.05, 0) is 92.9 Å². The average Bonchev–Trinajstić information content (AvgIpc) is 2.46. The van der Waals surface area contributed by atoms with Crippen LogP contribution in [0.1, 0.15) is 45.4 Å². The van der Waals surface area contributed by atoms with E-state index < -0.39 is 0 Å². The monoisotopic (exact) mass is 285 g/mol. The van der Waals surface area contributed by atoms with Crippen LogP contribution in [0.5, 0.6) is 5.75 Å². The van der Waals surface area contributed by atoms with Crippen molar-refractivity contribution in [2.75, 3.05) is 12.4 Å². The molecule has 1 atom stereocenters. The zero-order chi connectivity index (χ0) is 14.4. The first-order chi connectivity index (χ1) is 10.2. The van der Waals surface area contributed by atoms with Gasteiger partial charge in [0.05, 0.1) is 7.11 Å². The smallest absolute Gasteiger partial charge is 0.119 e. The van der Waals surface area contributed by atoms with Crippen molar-refractivity contribution in [3.8, 4) is 5.75 Å². The maximum absolute atomic E-state index is 5.25. The largest absolute Gasteiger partial charge is 0.497 e. The molecule has 4 bridgehead atoms. The molecule has 1 aromatic rings. The van der Waals surface area contributed by atoms with Crippen LogP contribution in [0, 0.1) is 23.2 Å². The molecule has 114 valence electrons. The average molecular weight is 285 g/mol. The zero-order valence-corrected chi connectivity index (χ0v) is 13.3. The standard InChI is InChI=1S/C19H27NO/c1-13(20-17-3-5-18(21-2)6-4-17)19-10-14-7-15(11-19)9-16(8-14)12-19/h3-6,13-16,20H,7-12H2,1-2H3. The van der Waals surface area contributed by atoms with Crippen molar-refractivity contribution in [1.29, 1.82) is 0 Å². The summed E-state index contributed by atoms with van der Waals surface area (Å²) in [7, 11) is 1.72. The maximum atomic E-state index is 5.25. The molecule has 0 heterocycles. The SMILES string of the molecule is COc1ccc(NC(C)C23CC4CC(CC(C4)C2)C3)cc1. The second kappa shape index (κ2) is 4.93. The van der Waals surface area contributed by atoms with Crippen LogP contribution in [-0.4, -0.2) is 13.2 Å². The molecule has 21 heavy (non-hydrogen) atoms. The molecule has 1 aromatic carbocycles. The van der Waals surface area contributed by atoms with Crippen molar-refractivity contribution in [2.45, 2.75) is 51.5 Å². The lowest BCUT2D eigenvalue weighted by Crippen LogP contribution is -2.52. The Hall–Kier alpha value is -1.18. The number of hydrogen-bond donors (Lipinski definition) is 1. The van der Waals surface area contributed by atoms with Crippen molar-refractivity contribution in [1.82, 2.24) is 0 Å². The topological polar surface area (TPSA) is 21.3 Å². The summed E-state index contributed by atoms with van der Waals surface area (Å²) >= 11 is 0. The van der Waals surface area contributed by atoms with Crippen LogP contribution in [0.4, 0.5) is 5.69 Å². The van der Waals surface area contributed by atoms with Gasteiger partial charge in [-0.15, -0.1) is 0 Å². The van der Waals surface area contributed by atoms with Crippen molar-refractivity contribution < 1.29 is 4.74 Å². The second-order valence-electron chi connectivity index (χ2n) is 7.87. The van der Waals surface area contributed by atoms with Crippen molar-refractivity contribution in [3.63, 3.8) is 0 Å². The van der Waals surface area contributed by atoms with Gasteiger partial charge in [0, 0.05) is 11.7 Å². The Morgan fingerprint density at radius 1 is 1.00 bits per heavy atom. The highest BCUT2D eigenvalue weighted by molar-refractivity contribution is 5.47. The van der Waals surface area contributed by atoms with E-state index in [1.165, 1.54) is 44.2 Å². The van der Waals surface area contributed by atoms with E-state index in [0.717, 1.165) is 23.5 Å². The molecule has 4 aliphatic carbocycles. The molecule has 0 amide bonds. The predicted octanol–water partition coefficient (Wildman–Crippen LogP) is 4.71. The normalized spacial score (nSPS) is 38.3. The molecular weight excluding hydrogens is 258 g/mol. The van der Waals surface area contributed by atoms with Crippen LogP contribution in [0.2, 0.25) is 0 Å². The molecule has 0 spiro atoms. The van der Waals surface area contributed by atoms with Gasteiger partial charge in [-0.2, -0.15) is 0 Å². The number of rotatable bonds is 4. The summed E-state index contributed by atoms with van der Waals surface area (Å²) in [4.78, 5) is 0. The summed E-state index contributed by atoms with van der Waals surface area (Å²) in [5.74, 6) is 4.01. The highest BCUT2D eigenvalue weighted by Crippen LogP contribution is 2.61. The van der Waals surface area contributed by atoms with Crippen molar-refractivity contribution in [3.05, 3.63) is 24.3 Å². The van der Waals surface area contributed by atoms with E-state index in [1.54, 1.807) is 7.11 Å². The molecule has 0 saturated heterocycles. The number of benzene rings is 1. The Kier molecular flexibility index (Phi) is 3.16. The van der Waals surface area contributed by atoms with Gasteiger partial charge in [0.2, 0.25) is 0 Å². The lowest BCUT2D eigenvalue weighted by atomic mass is 9.48. The minimum absolute atomic E-state index is 0.564. The molecule has 0 aromatic heterocycles. The van der Waals surface area contributed by atoms with Gasteiger partial charge in [-0.25, -0.2) is 0 Å². The van der Waals surface area contributed by atoms with E-state index in [0.29, 0.717) is 11.5 Å². The first kappa shape index (κ1) is 13.5. The van der Waals surface area contributed by atoms with Crippen LogP contribution in [0.25, 0.3) is 0 Å². The minimum atomic E-state index is 0.564. The van der Waals surface area contributed by atoms with Gasteiger partial charge in [-0.1, -0.05) is 0 Å². The number of methoxy groups -OCH3 is 1. The Morgan fingerprint density at radius 2 is 1.52 bits per heavy atom. The first-order valence-electron chi connectivity index (χ1n) is 8.57. The fraction of sp³-hybridized carbons (Fsp3) is 0.684. The molecule has 2 nitrogen and oxygen atoms in total. The molecule has 5 rings (SSSR count). The molecule has 2 heteroatoms. The first-order valence-corrected chi connectivity index (χ1v) is 8.57. The van der Waals surface area contributed by atoms with Gasteiger partial charge in [-0.3, -0.25) is 0 Å². The molecule has 0 radical (unpaired) electrons. The Labute approximate surface area is 128 Å². The highest BCUT2D eigenvalue weighted by Gasteiger charge is 2.53.